The van der Waals surface area contributed by atoms with Crippen LogP contribution in [0.5, 0.6) is 0 Å². The molecule has 0 unspecified atom stereocenters. The van der Waals surface area contributed by atoms with Gasteiger partial charge in [-0.3, -0.25) is 14.6 Å². The zero-order valence-electron chi connectivity index (χ0n) is 28.0. The summed E-state index contributed by atoms with van der Waals surface area (Å²) in [5, 5.41) is 3.74. The van der Waals surface area contributed by atoms with Gasteiger partial charge >= 0.3 is 6.18 Å². The van der Waals surface area contributed by atoms with Gasteiger partial charge in [-0.2, -0.15) is 13.2 Å². The lowest BCUT2D eigenvalue weighted by molar-refractivity contribution is -0.137. The van der Waals surface area contributed by atoms with Gasteiger partial charge in [0.2, 0.25) is 0 Å². The minimum absolute atomic E-state index is 0.0437. The molecule has 0 bridgehead atoms. The maximum absolute atomic E-state index is 14.7. The van der Waals surface area contributed by atoms with Gasteiger partial charge in [-0.15, -0.1) is 0 Å². The number of amides is 1. The van der Waals surface area contributed by atoms with Gasteiger partial charge in [-0.1, -0.05) is 55.5 Å². The third-order valence-corrected chi connectivity index (χ3v) is 12.2. The Bertz CT molecular complexity index is 1990. The van der Waals surface area contributed by atoms with Crippen molar-refractivity contribution in [3.05, 3.63) is 95.1 Å². The number of carbonyl (C=O) groups is 1. The highest BCUT2D eigenvalue weighted by molar-refractivity contribution is 7.91. The molecule has 1 aliphatic carbocycles. The maximum Gasteiger partial charge on any atom is 0.416 e. The third kappa shape index (κ3) is 7.03. The van der Waals surface area contributed by atoms with Crippen LogP contribution in [0.15, 0.2) is 77.7 Å². The van der Waals surface area contributed by atoms with Crippen LogP contribution >= 0.6 is 0 Å². The molecular weight excluding hydrogens is 666 g/mol. The number of pyridine rings is 1. The van der Waals surface area contributed by atoms with Gasteiger partial charge in [-0.05, 0) is 68.6 Å². The van der Waals surface area contributed by atoms with Gasteiger partial charge in [0, 0.05) is 42.2 Å². The number of piperidine rings is 1. The molecule has 0 atom stereocenters. The molecule has 264 valence electrons. The van der Waals surface area contributed by atoms with Crippen LogP contribution in [0.1, 0.15) is 59.7 Å². The molecule has 7 rings (SSSR count). The number of likely N-dealkylation sites (tertiary alicyclic amines) is 1. The van der Waals surface area contributed by atoms with Crippen molar-refractivity contribution in [2.75, 3.05) is 45.1 Å². The molecule has 1 amide bonds. The maximum atomic E-state index is 14.7. The molecule has 0 spiro atoms. The first-order chi connectivity index (χ1) is 24.0. The van der Waals surface area contributed by atoms with E-state index in [2.05, 4.69) is 15.1 Å². The minimum Gasteiger partial charge on any atom is -0.379 e. The number of hydrogen-bond donors (Lipinski definition) is 1. The third-order valence-electron chi connectivity index (χ3n) is 10.4. The van der Waals surface area contributed by atoms with E-state index in [4.69, 9.17) is 9.72 Å². The minimum atomic E-state index is -4.59. The van der Waals surface area contributed by atoms with E-state index in [0.29, 0.717) is 42.3 Å². The first-order valence-corrected chi connectivity index (χ1v) is 18.9. The van der Waals surface area contributed by atoms with Gasteiger partial charge < -0.3 is 10.1 Å². The number of morpholine rings is 1. The summed E-state index contributed by atoms with van der Waals surface area (Å²) in [4.78, 5) is 24.3. The lowest BCUT2D eigenvalue weighted by Gasteiger charge is -2.40. The number of carbonyl (C=O) groups excluding carboxylic acids is 1. The largest absolute Gasteiger partial charge is 0.416 e. The van der Waals surface area contributed by atoms with Gasteiger partial charge in [0.05, 0.1) is 51.7 Å². The monoisotopic (exact) mass is 706 g/mol. The van der Waals surface area contributed by atoms with Gasteiger partial charge in [0.25, 0.3) is 5.91 Å². The number of ether oxygens (including phenoxy) is 1. The van der Waals surface area contributed by atoms with E-state index in [1.54, 1.807) is 19.1 Å². The quantitative estimate of drug-likeness (QED) is 0.215. The summed E-state index contributed by atoms with van der Waals surface area (Å²) in [5.74, 6) is -0.499. The number of benzene rings is 3. The van der Waals surface area contributed by atoms with Crippen LogP contribution < -0.4 is 5.32 Å². The van der Waals surface area contributed by atoms with Crippen molar-refractivity contribution < 1.29 is 31.1 Å². The molecular formula is C38H41F3N4O4S. The van der Waals surface area contributed by atoms with Crippen molar-refractivity contribution in [3.8, 4) is 11.3 Å². The average Bonchev–Trinajstić information content (AvgIpc) is 3.92. The number of aromatic nitrogens is 1. The fourth-order valence-corrected chi connectivity index (χ4v) is 8.30. The van der Waals surface area contributed by atoms with Crippen molar-refractivity contribution in [1.82, 2.24) is 20.1 Å². The summed E-state index contributed by atoms with van der Waals surface area (Å²) in [6.07, 6.45) is -1.27. The van der Waals surface area contributed by atoms with Crippen molar-refractivity contribution in [2.24, 2.45) is 0 Å². The number of sulfone groups is 1. The molecule has 50 heavy (non-hydrogen) atoms. The number of fused-ring (bicyclic) bond motifs is 1. The number of nitrogens with zero attached hydrogens (tertiary/aromatic N) is 3. The standard InChI is InChI=1S/C38H41F3N4O4S/c1-2-50(47,48)30-11-12-31-33(24-30)42-35(26-7-6-10-28(23-26)38(39,40)41)32(25-44-17-13-29(14-18-44)45-19-21-49-22-20-45)34(31)36(46)43-37(15-16-37)27-8-4-3-5-9-27/h3-12,23-24,29H,2,13-22,25H2,1H3,(H,43,46). The summed E-state index contributed by atoms with van der Waals surface area (Å²) in [6.45, 7) is 6.53. The van der Waals surface area contributed by atoms with Crippen LogP contribution in [0.4, 0.5) is 13.2 Å². The first-order valence-electron chi connectivity index (χ1n) is 17.3. The molecule has 3 fully saturated rings. The molecule has 1 saturated carbocycles. The van der Waals surface area contributed by atoms with Crippen molar-refractivity contribution in [1.29, 1.82) is 0 Å². The van der Waals surface area contributed by atoms with Crippen LogP contribution in [0.25, 0.3) is 22.2 Å². The Kier molecular flexibility index (Phi) is 9.48. The lowest BCUT2D eigenvalue weighted by atomic mass is 9.93. The van der Waals surface area contributed by atoms with Crippen molar-refractivity contribution in [2.45, 2.75) is 61.8 Å². The fourth-order valence-electron chi connectivity index (χ4n) is 7.40. The Morgan fingerprint density at radius 1 is 0.960 bits per heavy atom. The second kappa shape index (κ2) is 13.7. The molecule has 1 N–H and O–H groups in total. The van der Waals surface area contributed by atoms with Gasteiger partial charge in [0.15, 0.2) is 9.84 Å². The Hall–Kier alpha value is -3.84. The SMILES string of the molecule is CCS(=O)(=O)c1ccc2c(C(=O)NC3(c4ccccc4)CC3)c(CN3CCC(N4CCOCC4)CC3)c(-c3cccc(C(F)(F)F)c3)nc2c1. The Morgan fingerprint density at radius 3 is 2.34 bits per heavy atom. The molecule has 3 aliphatic rings. The summed E-state index contributed by atoms with van der Waals surface area (Å²) in [6, 6.07) is 19.7. The summed E-state index contributed by atoms with van der Waals surface area (Å²) in [5.41, 5.74) is 1.09. The highest BCUT2D eigenvalue weighted by Crippen LogP contribution is 2.46. The van der Waals surface area contributed by atoms with E-state index < -0.39 is 27.1 Å². The van der Waals surface area contributed by atoms with Gasteiger partial charge in [0.1, 0.15) is 0 Å². The number of hydrogen-bond acceptors (Lipinski definition) is 7. The molecule has 3 heterocycles. The zero-order chi connectivity index (χ0) is 35.1. The molecule has 8 nitrogen and oxygen atoms in total. The van der Waals surface area contributed by atoms with Crippen LogP contribution in [0, 0.1) is 0 Å². The van der Waals surface area contributed by atoms with E-state index in [1.165, 1.54) is 18.2 Å². The van der Waals surface area contributed by atoms with E-state index in [0.717, 1.165) is 69.6 Å². The summed E-state index contributed by atoms with van der Waals surface area (Å²) >= 11 is 0. The second-order valence-corrected chi connectivity index (χ2v) is 15.8. The van der Waals surface area contributed by atoms with Crippen LogP contribution in [0.2, 0.25) is 0 Å². The summed E-state index contributed by atoms with van der Waals surface area (Å²) in [7, 11) is -3.64. The van der Waals surface area contributed by atoms with Crippen molar-refractivity contribution in [3.63, 3.8) is 0 Å². The number of nitrogens with one attached hydrogen (secondary N) is 1. The number of halogens is 3. The van der Waals surface area contributed by atoms with E-state index in [9.17, 15) is 26.4 Å². The predicted molar refractivity (Wildman–Crippen MR) is 185 cm³/mol. The van der Waals surface area contributed by atoms with E-state index >= 15 is 0 Å². The Balaban J connectivity index is 1.36. The van der Waals surface area contributed by atoms with Gasteiger partial charge in [-0.25, -0.2) is 13.4 Å². The first kappa shape index (κ1) is 34.6. The fraction of sp³-hybridized carbons (Fsp3) is 0.421. The highest BCUT2D eigenvalue weighted by atomic mass is 32.2. The number of rotatable bonds is 9. The van der Waals surface area contributed by atoms with Crippen molar-refractivity contribution >= 4 is 26.6 Å². The van der Waals surface area contributed by atoms with Crippen LogP contribution in [0.3, 0.4) is 0 Å². The molecule has 3 aromatic carbocycles. The lowest BCUT2D eigenvalue weighted by Crippen LogP contribution is -2.48. The van der Waals surface area contributed by atoms with Crippen LogP contribution in [-0.4, -0.2) is 80.3 Å². The summed E-state index contributed by atoms with van der Waals surface area (Å²) < 4.78 is 73.5. The predicted octanol–water partition coefficient (Wildman–Crippen LogP) is 6.43. The van der Waals surface area contributed by atoms with E-state index in [1.807, 2.05) is 30.3 Å². The smallest absolute Gasteiger partial charge is 0.379 e. The highest BCUT2D eigenvalue weighted by Gasteiger charge is 2.46. The van der Waals surface area contributed by atoms with E-state index in [-0.39, 0.29) is 33.3 Å². The average molecular weight is 707 g/mol. The topological polar surface area (TPSA) is 91.8 Å². The molecule has 12 heteroatoms. The Morgan fingerprint density at radius 2 is 1.68 bits per heavy atom. The molecule has 2 aliphatic heterocycles. The van der Waals surface area contributed by atoms with Crippen LogP contribution in [-0.2, 0) is 32.8 Å². The normalized spacial score (nSPS) is 19.0. The molecule has 0 radical (unpaired) electrons. The zero-order valence-corrected chi connectivity index (χ0v) is 28.8. The molecule has 4 aromatic rings. The molecule has 1 aromatic heterocycles. The second-order valence-electron chi connectivity index (χ2n) is 13.5. The Labute approximate surface area is 290 Å². The molecule has 2 saturated heterocycles. The number of alkyl halides is 3.